The summed E-state index contributed by atoms with van der Waals surface area (Å²) in [6.07, 6.45) is 0. The number of esters is 1. The van der Waals surface area contributed by atoms with E-state index in [4.69, 9.17) is 4.74 Å². The minimum atomic E-state index is -2.30. The van der Waals surface area contributed by atoms with Crippen LogP contribution < -0.4 is 0 Å². The second-order valence-corrected chi connectivity index (χ2v) is 34.6. The van der Waals surface area contributed by atoms with Crippen molar-refractivity contribution in [2.24, 2.45) is 0 Å². The zero-order valence-corrected chi connectivity index (χ0v) is 16.8. The predicted octanol–water partition coefficient (Wildman–Crippen LogP) is 3.23. The Balaban J connectivity index is 5.09. The molecule has 0 N–H and O–H groups in total. The number of carbonyl (C=O) groups excluding carboxylic acids is 1. The van der Waals surface area contributed by atoms with Gasteiger partial charge in [-0.3, -0.25) is 0 Å². The van der Waals surface area contributed by atoms with Gasteiger partial charge in [-0.2, -0.15) is 0 Å². The zero-order chi connectivity index (χ0) is 12.3. The maximum absolute atomic E-state index is 11.9. The van der Waals surface area contributed by atoms with E-state index in [1.54, 1.807) is 0 Å². The minimum absolute atomic E-state index is 0.0487. The molecule has 0 aromatic rings. The van der Waals surface area contributed by atoms with Crippen molar-refractivity contribution in [3.05, 3.63) is 7.68 Å². The van der Waals surface area contributed by atoms with Gasteiger partial charge in [0.1, 0.15) is 0 Å². The van der Waals surface area contributed by atoms with Crippen LogP contribution in [0, 0.1) is 0 Å². The molecule has 88 valence electrons. The fourth-order valence-corrected chi connectivity index (χ4v) is 23.8. The Labute approximate surface area is 102 Å². The summed E-state index contributed by atoms with van der Waals surface area (Å²) in [5.74, 6) is -0.0487. The van der Waals surface area contributed by atoms with Crippen molar-refractivity contribution >= 4 is 42.7 Å². The van der Waals surface area contributed by atoms with Crippen LogP contribution in [0.25, 0.3) is 0 Å². The van der Waals surface area contributed by atoms with Crippen LogP contribution in [0.5, 0.6) is 0 Å². The summed E-state index contributed by atoms with van der Waals surface area (Å²) in [5.41, 5.74) is 0. The van der Waals surface area contributed by atoms with E-state index in [0.717, 1.165) is 3.59 Å². The summed E-state index contributed by atoms with van der Waals surface area (Å²) in [7, 11) is 0. The van der Waals surface area contributed by atoms with E-state index in [9.17, 15) is 4.79 Å². The summed E-state index contributed by atoms with van der Waals surface area (Å²) in [5, 5.41) is 0. The van der Waals surface area contributed by atoms with Gasteiger partial charge in [-0.05, 0) is 0 Å². The standard InChI is InChI=1S/C5H6O2.6CH3.2Sn/c1-3-5(6)7-4-2;;;;;;;;/h1H,4H2,2H3;6*1H3;;. The molecule has 2 nitrogen and oxygen atoms in total. The molecule has 0 aromatic heterocycles. The van der Waals surface area contributed by atoms with Gasteiger partial charge in [-0.15, -0.1) is 0 Å². The molecule has 4 heteroatoms. The topological polar surface area (TPSA) is 26.3 Å². The quantitative estimate of drug-likeness (QED) is 0.393. The first kappa shape index (κ1) is 15.8. The van der Waals surface area contributed by atoms with Crippen LogP contribution in [0.4, 0.5) is 0 Å². The Morgan fingerprint density at radius 3 is 1.87 bits per heavy atom. The molecule has 0 saturated heterocycles. The van der Waals surface area contributed by atoms with Gasteiger partial charge in [-0.1, -0.05) is 0 Å². The van der Waals surface area contributed by atoms with Crippen molar-refractivity contribution in [2.75, 3.05) is 6.61 Å². The van der Waals surface area contributed by atoms with E-state index < -0.39 is 36.8 Å². The molecule has 0 bridgehead atoms. The van der Waals surface area contributed by atoms with E-state index in [1.807, 2.05) is 6.92 Å². The van der Waals surface area contributed by atoms with Gasteiger partial charge in [0, 0.05) is 0 Å². The Morgan fingerprint density at radius 1 is 1.13 bits per heavy atom. The molecule has 0 amide bonds. The number of carbonyl (C=O) groups is 1. The van der Waals surface area contributed by atoms with Crippen molar-refractivity contribution in [2.45, 2.75) is 36.6 Å². The van der Waals surface area contributed by atoms with Crippen LogP contribution in [-0.4, -0.2) is 49.3 Å². The average molecular weight is 426 g/mol. The SMILES string of the molecule is CCOC(=O)/[C](=[CH]/[Sn]([CH3])([CH3])[CH3])[Sn]([CH3])([CH3])[CH3]. The second-order valence-electron chi connectivity index (χ2n) is 5.89. The first-order valence-electron chi connectivity index (χ1n) is 5.48. The molecular formula is C11H24O2Sn2. The summed E-state index contributed by atoms with van der Waals surface area (Å²) in [6, 6.07) is 0. The van der Waals surface area contributed by atoms with Gasteiger partial charge >= 0.3 is 103 Å². The van der Waals surface area contributed by atoms with Gasteiger partial charge in [0.05, 0.1) is 0 Å². The first-order chi connectivity index (χ1) is 6.58. The van der Waals surface area contributed by atoms with Crippen molar-refractivity contribution in [3.63, 3.8) is 0 Å². The van der Waals surface area contributed by atoms with Gasteiger partial charge < -0.3 is 0 Å². The molecule has 0 rings (SSSR count). The molecule has 0 radical (unpaired) electrons. The monoisotopic (exact) mass is 428 g/mol. The average Bonchev–Trinajstić information content (AvgIpc) is 1.97. The number of rotatable bonds is 4. The van der Waals surface area contributed by atoms with E-state index >= 15 is 0 Å². The predicted molar refractivity (Wildman–Crippen MR) is 71.4 cm³/mol. The van der Waals surface area contributed by atoms with Crippen LogP contribution in [0.15, 0.2) is 7.68 Å². The van der Waals surface area contributed by atoms with Crippen LogP contribution in [0.1, 0.15) is 6.92 Å². The van der Waals surface area contributed by atoms with Crippen molar-refractivity contribution in [1.29, 1.82) is 0 Å². The third kappa shape index (κ3) is 6.87. The molecule has 0 aliphatic rings. The Hall–Kier alpha value is 0.807. The maximum atomic E-state index is 11.9. The Kier molecular flexibility index (Phi) is 6.26. The molecule has 0 heterocycles. The first-order valence-corrected chi connectivity index (χ1v) is 25.7. The molecule has 0 fully saturated rings. The van der Waals surface area contributed by atoms with E-state index in [2.05, 4.69) is 33.7 Å². The Bertz CT molecular complexity index is 257. The van der Waals surface area contributed by atoms with Crippen LogP contribution in [-0.2, 0) is 9.53 Å². The van der Waals surface area contributed by atoms with E-state index in [1.165, 1.54) is 0 Å². The van der Waals surface area contributed by atoms with Crippen molar-refractivity contribution in [3.8, 4) is 0 Å². The van der Waals surface area contributed by atoms with E-state index in [-0.39, 0.29) is 5.97 Å². The summed E-state index contributed by atoms with van der Waals surface area (Å²) >= 11 is -4.34. The van der Waals surface area contributed by atoms with Crippen LogP contribution in [0.2, 0.25) is 29.6 Å². The molecule has 15 heavy (non-hydrogen) atoms. The Morgan fingerprint density at radius 2 is 1.60 bits per heavy atom. The summed E-state index contributed by atoms with van der Waals surface area (Å²) in [4.78, 5) is 25.7. The fraction of sp³-hybridized carbons (Fsp3) is 0.727. The van der Waals surface area contributed by atoms with Crippen LogP contribution in [0.3, 0.4) is 0 Å². The van der Waals surface area contributed by atoms with Crippen molar-refractivity contribution in [1.82, 2.24) is 0 Å². The number of ether oxygens (including phenoxy) is 1. The molecule has 0 unspecified atom stereocenters. The molecule has 0 aliphatic carbocycles. The number of hydrogen-bond donors (Lipinski definition) is 0. The molecule has 0 aromatic carbocycles. The number of hydrogen-bond acceptors (Lipinski definition) is 2. The van der Waals surface area contributed by atoms with Gasteiger partial charge in [0.2, 0.25) is 0 Å². The van der Waals surface area contributed by atoms with Gasteiger partial charge in [-0.25, -0.2) is 0 Å². The summed E-state index contributed by atoms with van der Waals surface area (Å²) < 4.78 is 8.53. The van der Waals surface area contributed by atoms with Gasteiger partial charge in [0.25, 0.3) is 0 Å². The molecule has 0 spiro atoms. The third-order valence-corrected chi connectivity index (χ3v) is 13.1. The van der Waals surface area contributed by atoms with Crippen molar-refractivity contribution < 1.29 is 9.53 Å². The third-order valence-electron chi connectivity index (χ3n) is 1.88. The van der Waals surface area contributed by atoms with E-state index in [0.29, 0.717) is 6.61 Å². The molecule has 0 aliphatic heterocycles. The zero-order valence-electron chi connectivity index (χ0n) is 11.1. The molecule has 0 saturated carbocycles. The van der Waals surface area contributed by atoms with Crippen LogP contribution >= 0.6 is 0 Å². The second kappa shape index (κ2) is 5.94. The molecular weight excluding hydrogens is 402 g/mol. The molecule has 0 atom stereocenters. The summed E-state index contributed by atoms with van der Waals surface area (Å²) in [6.45, 7) is 2.35. The fourth-order valence-electron chi connectivity index (χ4n) is 1.22. The van der Waals surface area contributed by atoms with Gasteiger partial charge in [0.15, 0.2) is 0 Å². The normalized spacial score (nSPS) is 13.9.